The molecule has 0 spiro atoms. The molecule has 3 heteroatoms. The molecule has 0 aliphatic carbocycles. The zero-order chi connectivity index (χ0) is 8.74. The van der Waals surface area contributed by atoms with Gasteiger partial charge in [0.25, 0.3) is 0 Å². The second-order valence-corrected chi connectivity index (χ2v) is 3.40. The van der Waals surface area contributed by atoms with Crippen LogP contribution in [0.25, 0.3) is 0 Å². The summed E-state index contributed by atoms with van der Waals surface area (Å²) in [5, 5.41) is 10.3. The van der Waals surface area contributed by atoms with Gasteiger partial charge in [0.1, 0.15) is 6.29 Å². The number of carbonyl (C=O) groups is 1. The topological polar surface area (TPSA) is 52.2 Å². The molecule has 0 radical (unpaired) electrons. The average Bonchev–Trinajstić information content (AvgIpc) is 1.99. The quantitative estimate of drug-likeness (QED) is 0.363. The highest BCUT2D eigenvalue weighted by Crippen LogP contribution is 2.12. The Labute approximate surface area is 67.8 Å². The van der Waals surface area contributed by atoms with Crippen LogP contribution in [0.1, 0.15) is 39.5 Å². The monoisotopic (exact) mass is 158 g/mol. The summed E-state index contributed by atoms with van der Waals surface area (Å²) in [6.07, 6.45) is 4.16. The molecule has 0 atom stereocenters. The maximum absolute atomic E-state index is 10.3. The van der Waals surface area contributed by atoms with Gasteiger partial charge < -0.3 is 15.5 Å². The van der Waals surface area contributed by atoms with Crippen molar-refractivity contribution >= 4 is 6.29 Å². The van der Waals surface area contributed by atoms with Crippen molar-refractivity contribution < 1.29 is 4.79 Å². The molecule has 0 bridgehead atoms. The van der Waals surface area contributed by atoms with E-state index < -0.39 is 0 Å². The second-order valence-electron chi connectivity index (χ2n) is 3.40. The third kappa shape index (κ3) is 6.01. The van der Waals surface area contributed by atoms with Gasteiger partial charge in [0.05, 0.1) is 0 Å². The normalized spacial score (nSPS) is 11.5. The Morgan fingerprint density at radius 2 is 2.09 bits per heavy atom. The summed E-state index contributed by atoms with van der Waals surface area (Å²) >= 11 is 0. The van der Waals surface area contributed by atoms with Crippen molar-refractivity contribution in [3.63, 3.8) is 0 Å². The number of hydrogen-bond acceptors (Lipinski definition) is 3. The van der Waals surface area contributed by atoms with Crippen molar-refractivity contribution in [1.82, 2.24) is 5.48 Å². The van der Waals surface area contributed by atoms with Gasteiger partial charge in [0.2, 0.25) is 0 Å². The molecule has 0 unspecified atom stereocenters. The average molecular weight is 158 g/mol. The van der Waals surface area contributed by atoms with E-state index in [-0.39, 0.29) is 5.54 Å². The smallest absolute Gasteiger partial charge is 0.119 e. The van der Waals surface area contributed by atoms with Gasteiger partial charge in [-0.15, -0.1) is 0 Å². The number of rotatable bonds is 6. The first kappa shape index (κ1) is 10.6. The van der Waals surface area contributed by atoms with Gasteiger partial charge >= 0.3 is 0 Å². The Bertz CT molecular complexity index is 113. The third-order valence-corrected chi connectivity index (χ3v) is 1.65. The first-order valence-electron chi connectivity index (χ1n) is 3.95. The second kappa shape index (κ2) is 5.27. The molecule has 0 aromatic carbocycles. The molecule has 0 amide bonds. The van der Waals surface area contributed by atoms with Crippen molar-refractivity contribution in [1.29, 1.82) is 0 Å². The Morgan fingerprint density at radius 3 is 2.55 bits per heavy atom. The molecule has 0 heterocycles. The van der Waals surface area contributed by atoms with E-state index in [2.05, 4.69) is 0 Å². The van der Waals surface area contributed by atoms with E-state index in [9.17, 15) is 10.0 Å². The lowest BCUT2D eigenvalue weighted by Crippen LogP contribution is -2.34. The fourth-order valence-electron chi connectivity index (χ4n) is 0.846. The molecule has 66 valence electrons. The summed E-state index contributed by atoms with van der Waals surface area (Å²) in [7, 11) is 0. The Morgan fingerprint density at radius 1 is 1.45 bits per heavy atom. The highest BCUT2D eigenvalue weighted by molar-refractivity contribution is 5.48. The van der Waals surface area contributed by atoms with Crippen molar-refractivity contribution in [2.24, 2.45) is 0 Å². The molecule has 0 saturated heterocycles. The molecule has 0 fully saturated rings. The summed E-state index contributed by atoms with van der Waals surface area (Å²) in [6, 6.07) is 0. The van der Waals surface area contributed by atoms with Crippen molar-refractivity contribution in [3.8, 4) is 0 Å². The van der Waals surface area contributed by atoms with E-state index in [4.69, 9.17) is 0 Å². The maximum atomic E-state index is 10.3. The minimum Gasteiger partial charge on any atom is -0.787 e. The summed E-state index contributed by atoms with van der Waals surface area (Å²) < 4.78 is 0. The maximum Gasteiger partial charge on any atom is 0.119 e. The predicted molar refractivity (Wildman–Crippen MR) is 45.1 cm³/mol. The molecule has 0 saturated carbocycles. The molecule has 3 nitrogen and oxygen atoms in total. The Balaban J connectivity index is 3.29. The van der Waals surface area contributed by atoms with Gasteiger partial charge in [0, 0.05) is 12.0 Å². The summed E-state index contributed by atoms with van der Waals surface area (Å²) in [5.41, 5.74) is 1.65. The molecule has 11 heavy (non-hydrogen) atoms. The van der Waals surface area contributed by atoms with Gasteiger partial charge in [-0.25, -0.2) is 0 Å². The lowest BCUT2D eigenvalue weighted by atomic mass is 9.98. The molecule has 0 aromatic heterocycles. The lowest BCUT2D eigenvalue weighted by Gasteiger charge is -2.30. The van der Waals surface area contributed by atoms with Crippen LogP contribution >= 0.6 is 0 Å². The van der Waals surface area contributed by atoms with Gasteiger partial charge in [-0.05, 0) is 26.7 Å². The Hall–Kier alpha value is -0.410. The molecular formula is C8H16NO2-. The van der Waals surface area contributed by atoms with E-state index in [1.165, 1.54) is 0 Å². The first-order chi connectivity index (χ1) is 5.12. The molecule has 0 aromatic rings. The van der Waals surface area contributed by atoms with Crippen LogP contribution in [-0.2, 0) is 4.79 Å². The van der Waals surface area contributed by atoms with Gasteiger partial charge in [-0.3, -0.25) is 0 Å². The first-order valence-corrected chi connectivity index (χ1v) is 3.95. The zero-order valence-electron chi connectivity index (χ0n) is 7.22. The number of carbonyl (C=O) groups excluding carboxylic acids is 1. The predicted octanol–water partition coefficient (Wildman–Crippen LogP) is 1.61. The standard InChI is InChI=1S/C8H16NO2/c1-8(2,9-11)6-4-3-5-7-10/h7,9H,3-6H2,1-2H3/q-1. The number of hydrogen-bond donors (Lipinski definition) is 1. The van der Waals surface area contributed by atoms with Crippen molar-refractivity contribution in [3.05, 3.63) is 5.21 Å². The molecule has 0 aliphatic heterocycles. The Kier molecular flexibility index (Phi) is 5.07. The highest BCUT2D eigenvalue weighted by Gasteiger charge is 2.10. The summed E-state index contributed by atoms with van der Waals surface area (Å²) in [4.78, 5) is 9.92. The summed E-state index contributed by atoms with van der Waals surface area (Å²) in [5.74, 6) is 0. The number of unbranched alkanes of at least 4 members (excludes halogenated alkanes) is 2. The fourth-order valence-corrected chi connectivity index (χ4v) is 0.846. The van der Waals surface area contributed by atoms with Crippen molar-refractivity contribution in [2.75, 3.05) is 0 Å². The van der Waals surface area contributed by atoms with E-state index in [0.29, 0.717) is 6.42 Å². The molecule has 0 rings (SSSR count). The zero-order valence-corrected chi connectivity index (χ0v) is 7.22. The van der Waals surface area contributed by atoms with Crippen LogP contribution in [0, 0.1) is 5.21 Å². The number of nitrogens with one attached hydrogen (secondary N) is 1. The molecular weight excluding hydrogens is 142 g/mol. The van der Waals surface area contributed by atoms with Crippen molar-refractivity contribution in [2.45, 2.75) is 45.1 Å². The number of aldehydes is 1. The van der Waals surface area contributed by atoms with E-state index in [1.807, 2.05) is 19.3 Å². The third-order valence-electron chi connectivity index (χ3n) is 1.65. The molecule has 1 N–H and O–H groups in total. The van der Waals surface area contributed by atoms with Crippen LogP contribution in [0.2, 0.25) is 0 Å². The van der Waals surface area contributed by atoms with Crippen LogP contribution < -0.4 is 5.48 Å². The minimum atomic E-state index is -0.330. The molecule has 0 aliphatic rings. The SMILES string of the molecule is CC(C)(CCCCC=O)N[O-]. The lowest BCUT2D eigenvalue weighted by molar-refractivity contribution is -0.107. The van der Waals surface area contributed by atoms with Crippen LogP contribution in [0.5, 0.6) is 0 Å². The van der Waals surface area contributed by atoms with E-state index in [1.54, 1.807) is 0 Å². The fraction of sp³-hybridized carbons (Fsp3) is 0.875. The van der Waals surface area contributed by atoms with Crippen LogP contribution in [0.15, 0.2) is 0 Å². The van der Waals surface area contributed by atoms with Crippen LogP contribution in [0.4, 0.5) is 0 Å². The van der Waals surface area contributed by atoms with Gasteiger partial charge in [-0.2, -0.15) is 0 Å². The van der Waals surface area contributed by atoms with Gasteiger partial charge in [0.15, 0.2) is 0 Å². The van der Waals surface area contributed by atoms with E-state index >= 15 is 0 Å². The van der Waals surface area contributed by atoms with Gasteiger partial charge in [-0.1, -0.05) is 6.42 Å². The summed E-state index contributed by atoms with van der Waals surface area (Å²) in [6.45, 7) is 3.72. The van der Waals surface area contributed by atoms with Crippen LogP contribution in [0.3, 0.4) is 0 Å². The minimum absolute atomic E-state index is 0.330. The largest absolute Gasteiger partial charge is 0.787 e. The van der Waals surface area contributed by atoms with Crippen LogP contribution in [-0.4, -0.2) is 11.8 Å². The highest BCUT2D eigenvalue weighted by atomic mass is 16.5. The van der Waals surface area contributed by atoms with E-state index in [0.717, 1.165) is 25.5 Å². The number of hydroxylamine groups is 1.